The first-order chi connectivity index (χ1) is 10.0. The van der Waals surface area contributed by atoms with Gasteiger partial charge in [-0.1, -0.05) is 27.2 Å². The van der Waals surface area contributed by atoms with Crippen LogP contribution in [0.25, 0.3) is 0 Å². The Balaban J connectivity index is 2.22. The van der Waals surface area contributed by atoms with Gasteiger partial charge in [0, 0.05) is 12.5 Å². The molecule has 0 bridgehead atoms. The van der Waals surface area contributed by atoms with Crippen LogP contribution in [0.15, 0.2) is 0 Å². The summed E-state index contributed by atoms with van der Waals surface area (Å²) in [6, 6.07) is 0. The molecule has 1 unspecified atom stereocenters. The second-order valence-electron chi connectivity index (χ2n) is 9.46. The fourth-order valence-electron chi connectivity index (χ4n) is 5.07. The highest BCUT2D eigenvalue weighted by molar-refractivity contribution is 5.75. The fourth-order valence-corrected chi connectivity index (χ4v) is 5.07. The van der Waals surface area contributed by atoms with E-state index in [1.165, 1.54) is 12.8 Å². The zero-order valence-corrected chi connectivity index (χ0v) is 15.2. The van der Waals surface area contributed by atoms with Crippen molar-refractivity contribution < 1.29 is 14.6 Å². The topological polar surface area (TPSA) is 46.5 Å². The third-order valence-electron chi connectivity index (χ3n) is 6.38. The zero-order valence-electron chi connectivity index (χ0n) is 15.2. The van der Waals surface area contributed by atoms with Gasteiger partial charge in [0.15, 0.2) is 0 Å². The van der Waals surface area contributed by atoms with Crippen LogP contribution in [0, 0.1) is 28.1 Å². The summed E-state index contributed by atoms with van der Waals surface area (Å²) >= 11 is 0. The van der Waals surface area contributed by atoms with Gasteiger partial charge in [-0.05, 0) is 63.2 Å². The first-order valence-electron chi connectivity index (χ1n) is 8.84. The third-order valence-corrected chi connectivity index (χ3v) is 6.38. The molecule has 1 N–H and O–H groups in total. The lowest BCUT2D eigenvalue weighted by Gasteiger charge is -2.58. The van der Waals surface area contributed by atoms with Gasteiger partial charge < -0.3 is 9.84 Å². The van der Waals surface area contributed by atoms with Crippen molar-refractivity contribution >= 4 is 5.97 Å². The molecular formula is C19H34O3. The van der Waals surface area contributed by atoms with Gasteiger partial charge in [-0.15, -0.1) is 0 Å². The van der Waals surface area contributed by atoms with E-state index in [1.807, 2.05) is 20.8 Å². The molecule has 3 heteroatoms. The normalized spacial score (nSPS) is 38.2. The number of fused-ring (bicyclic) bond motifs is 1. The molecule has 2 rings (SSSR count). The highest BCUT2D eigenvalue weighted by Gasteiger charge is 2.55. The van der Waals surface area contributed by atoms with Crippen molar-refractivity contribution in [3.8, 4) is 0 Å². The minimum Gasteiger partial charge on any atom is -0.462 e. The maximum absolute atomic E-state index is 12.3. The second-order valence-corrected chi connectivity index (χ2v) is 9.46. The molecule has 0 aromatic carbocycles. The summed E-state index contributed by atoms with van der Waals surface area (Å²) in [7, 11) is 0. The number of aliphatic hydroxyl groups is 1. The van der Waals surface area contributed by atoms with Crippen molar-refractivity contribution in [3.63, 3.8) is 0 Å². The number of rotatable bonds is 2. The Bertz CT molecular complexity index is 421. The van der Waals surface area contributed by atoms with E-state index in [0.717, 1.165) is 19.3 Å². The molecule has 0 amide bonds. The summed E-state index contributed by atoms with van der Waals surface area (Å²) < 4.78 is 5.84. The lowest BCUT2D eigenvalue weighted by Crippen LogP contribution is -2.55. The Morgan fingerprint density at radius 1 is 1.18 bits per heavy atom. The summed E-state index contributed by atoms with van der Waals surface area (Å²) in [5.74, 6) is 0.528. The molecule has 2 saturated carbocycles. The molecule has 0 saturated heterocycles. The minimum atomic E-state index is -0.483. The Morgan fingerprint density at radius 3 is 2.36 bits per heavy atom. The average molecular weight is 310 g/mol. The Morgan fingerprint density at radius 2 is 1.82 bits per heavy atom. The second kappa shape index (κ2) is 5.81. The molecule has 2 aliphatic rings. The SMILES string of the molecule is CC(C)(C)C(=O)O[C@@H]1CCC2C(C)(C)CCC[C@]2(C)[C@H]1CO. The smallest absolute Gasteiger partial charge is 0.311 e. The first-order valence-corrected chi connectivity index (χ1v) is 8.84. The lowest BCUT2D eigenvalue weighted by molar-refractivity contribution is -0.183. The molecule has 0 aliphatic heterocycles. The molecule has 4 atom stereocenters. The number of carbonyl (C=O) groups is 1. The molecule has 0 heterocycles. The summed E-state index contributed by atoms with van der Waals surface area (Å²) in [4.78, 5) is 12.3. The minimum absolute atomic E-state index is 0.0668. The molecular weight excluding hydrogens is 276 g/mol. The van der Waals surface area contributed by atoms with E-state index in [4.69, 9.17) is 4.74 Å². The van der Waals surface area contributed by atoms with Gasteiger partial charge in [-0.3, -0.25) is 4.79 Å². The summed E-state index contributed by atoms with van der Waals surface area (Å²) in [5, 5.41) is 10.1. The average Bonchev–Trinajstić information content (AvgIpc) is 2.36. The van der Waals surface area contributed by atoms with Crippen LogP contribution in [0.1, 0.15) is 73.6 Å². The van der Waals surface area contributed by atoms with Crippen LogP contribution in [0.4, 0.5) is 0 Å². The molecule has 0 aromatic heterocycles. The summed E-state index contributed by atoms with van der Waals surface area (Å²) in [5.41, 5.74) is -0.0827. The molecule has 0 aromatic rings. The molecule has 2 aliphatic carbocycles. The number of hydrogen-bond donors (Lipinski definition) is 1. The molecule has 3 nitrogen and oxygen atoms in total. The maximum atomic E-state index is 12.3. The van der Waals surface area contributed by atoms with E-state index in [0.29, 0.717) is 11.3 Å². The van der Waals surface area contributed by atoms with E-state index in [9.17, 15) is 9.90 Å². The number of ether oxygens (including phenoxy) is 1. The maximum Gasteiger partial charge on any atom is 0.311 e. The Hall–Kier alpha value is -0.570. The van der Waals surface area contributed by atoms with E-state index >= 15 is 0 Å². The van der Waals surface area contributed by atoms with E-state index < -0.39 is 5.41 Å². The molecule has 22 heavy (non-hydrogen) atoms. The van der Waals surface area contributed by atoms with Crippen LogP contribution in [-0.4, -0.2) is 23.8 Å². The van der Waals surface area contributed by atoms with Crippen LogP contribution in [0.2, 0.25) is 0 Å². The fraction of sp³-hybridized carbons (Fsp3) is 0.947. The zero-order chi connectivity index (χ0) is 16.8. The third kappa shape index (κ3) is 3.06. The van der Waals surface area contributed by atoms with Crippen molar-refractivity contribution in [2.24, 2.45) is 28.1 Å². The highest BCUT2D eigenvalue weighted by atomic mass is 16.5. The summed E-state index contributed by atoms with van der Waals surface area (Å²) in [6.45, 7) is 12.8. The monoisotopic (exact) mass is 310 g/mol. The van der Waals surface area contributed by atoms with Gasteiger partial charge in [0.25, 0.3) is 0 Å². The van der Waals surface area contributed by atoms with E-state index in [2.05, 4.69) is 20.8 Å². The van der Waals surface area contributed by atoms with Gasteiger partial charge in [0.2, 0.25) is 0 Å². The van der Waals surface area contributed by atoms with Crippen LogP contribution in [-0.2, 0) is 9.53 Å². The van der Waals surface area contributed by atoms with E-state index in [-0.39, 0.29) is 30.0 Å². The molecule has 2 fully saturated rings. The van der Waals surface area contributed by atoms with Gasteiger partial charge in [-0.2, -0.15) is 0 Å². The van der Waals surface area contributed by atoms with Crippen molar-refractivity contribution in [2.75, 3.05) is 6.61 Å². The number of aliphatic hydroxyl groups excluding tert-OH is 1. The number of hydrogen-bond acceptors (Lipinski definition) is 3. The predicted molar refractivity (Wildman–Crippen MR) is 88.4 cm³/mol. The van der Waals surface area contributed by atoms with Crippen LogP contribution >= 0.6 is 0 Å². The highest BCUT2D eigenvalue weighted by Crippen LogP contribution is 2.60. The van der Waals surface area contributed by atoms with Crippen molar-refractivity contribution in [1.82, 2.24) is 0 Å². The van der Waals surface area contributed by atoms with E-state index in [1.54, 1.807) is 0 Å². The quantitative estimate of drug-likeness (QED) is 0.778. The van der Waals surface area contributed by atoms with Crippen molar-refractivity contribution in [1.29, 1.82) is 0 Å². The number of carbonyl (C=O) groups excluding carboxylic acids is 1. The molecule has 0 radical (unpaired) electrons. The van der Waals surface area contributed by atoms with Gasteiger partial charge in [0.05, 0.1) is 5.41 Å². The predicted octanol–water partition coefficient (Wildman–Crippen LogP) is 4.18. The molecule has 0 spiro atoms. The standard InChI is InChI=1S/C19H34O3/c1-17(2,3)16(21)22-14-8-9-15-18(4,5)10-7-11-19(15,6)13(14)12-20/h13-15,20H,7-12H2,1-6H3/t13-,14+,15?,19+/m0/s1. The Kier molecular flexibility index (Phi) is 4.70. The van der Waals surface area contributed by atoms with Gasteiger partial charge >= 0.3 is 5.97 Å². The number of esters is 1. The lowest BCUT2D eigenvalue weighted by atomic mass is 9.48. The van der Waals surface area contributed by atoms with Crippen LogP contribution < -0.4 is 0 Å². The van der Waals surface area contributed by atoms with Crippen LogP contribution in [0.3, 0.4) is 0 Å². The van der Waals surface area contributed by atoms with Crippen molar-refractivity contribution in [3.05, 3.63) is 0 Å². The van der Waals surface area contributed by atoms with Crippen molar-refractivity contribution in [2.45, 2.75) is 79.8 Å². The van der Waals surface area contributed by atoms with Gasteiger partial charge in [0.1, 0.15) is 6.10 Å². The molecule has 128 valence electrons. The largest absolute Gasteiger partial charge is 0.462 e. The Labute approximate surface area is 135 Å². The van der Waals surface area contributed by atoms with Crippen LogP contribution in [0.5, 0.6) is 0 Å². The van der Waals surface area contributed by atoms with Gasteiger partial charge in [-0.25, -0.2) is 0 Å². The summed E-state index contributed by atoms with van der Waals surface area (Å²) in [6.07, 6.45) is 5.45. The first kappa shape index (κ1) is 17.8.